The average Bonchev–Trinajstić information content (AvgIpc) is 3.21. The maximum Gasteiger partial charge on any atom is 0.336 e. The van der Waals surface area contributed by atoms with E-state index in [2.05, 4.69) is 5.32 Å². The average molecular weight is 440 g/mol. The van der Waals surface area contributed by atoms with Gasteiger partial charge in [0, 0.05) is 18.0 Å². The molecule has 2 atom stereocenters. The minimum absolute atomic E-state index is 0.109. The van der Waals surface area contributed by atoms with Gasteiger partial charge in [0.15, 0.2) is 0 Å². The first kappa shape index (κ1) is 21.7. The Labute approximate surface area is 179 Å². The molecule has 8 heteroatoms. The summed E-state index contributed by atoms with van der Waals surface area (Å²) in [7, 11) is 1.29. The van der Waals surface area contributed by atoms with Crippen LogP contribution in [-0.2, 0) is 23.8 Å². The molecular formula is C21H23Cl2NO5. The van der Waals surface area contributed by atoms with Crippen LogP contribution in [0.4, 0.5) is 0 Å². The van der Waals surface area contributed by atoms with E-state index in [1.165, 1.54) is 7.11 Å². The van der Waals surface area contributed by atoms with Crippen LogP contribution in [0.3, 0.4) is 0 Å². The molecule has 0 spiro atoms. The third kappa shape index (κ3) is 4.44. The first-order valence-corrected chi connectivity index (χ1v) is 10.1. The lowest BCUT2D eigenvalue weighted by Crippen LogP contribution is -2.33. The number of carbonyl (C=O) groups excluding carboxylic acids is 2. The Morgan fingerprint density at radius 1 is 1.17 bits per heavy atom. The Morgan fingerprint density at radius 3 is 2.48 bits per heavy atom. The van der Waals surface area contributed by atoms with Gasteiger partial charge in [-0.15, -0.1) is 0 Å². The van der Waals surface area contributed by atoms with Gasteiger partial charge in [0.25, 0.3) is 0 Å². The second-order valence-corrected chi connectivity index (χ2v) is 7.79. The van der Waals surface area contributed by atoms with Crippen molar-refractivity contribution in [2.24, 2.45) is 0 Å². The Morgan fingerprint density at radius 2 is 1.86 bits per heavy atom. The fourth-order valence-corrected chi connectivity index (χ4v) is 4.14. The quantitative estimate of drug-likeness (QED) is 0.695. The molecule has 29 heavy (non-hydrogen) atoms. The van der Waals surface area contributed by atoms with Gasteiger partial charge in [-0.3, -0.25) is 0 Å². The summed E-state index contributed by atoms with van der Waals surface area (Å²) in [5.74, 6) is -1.87. The zero-order valence-electron chi connectivity index (χ0n) is 16.5. The Balaban J connectivity index is 2.03. The highest BCUT2D eigenvalue weighted by Gasteiger charge is 2.39. The van der Waals surface area contributed by atoms with Crippen LogP contribution in [0, 0.1) is 0 Å². The van der Waals surface area contributed by atoms with Gasteiger partial charge in [-0.2, -0.15) is 0 Å². The van der Waals surface area contributed by atoms with Crippen molar-refractivity contribution in [1.82, 2.24) is 5.32 Å². The second kappa shape index (κ2) is 9.20. The molecule has 0 radical (unpaired) electrons. The molecule has 2 aliphatic heterocycles. The lowest BCUT2D eigenvalue weighted by Gasteiger charge is -2.31. The van der Waals surface area contributed by atoms with Gasteiger partial charge >= 0.3 is 11.9 Å². The molecule has 0 aliphatic carbocycles. The van der Waals surface area contributed by atoms with Gasteiger partial charge in [0.2, 0.25) is 0 Å². The fourth-order valence-electron chi connectivity index (χ4n) is 3.72. The maximum atomic E-state index is 13.1. The molecule has 1 N–H and O–H groups in total. The number of dihydropyridines is 1. The van der Waals surface area contributed by atoms with Crippen molar-refractivity contribution < 1.29 is 23.8 Å². The van der Waals surface area contributed by atoms with Gasteiger partial charge < -0.3 is 19.5 Å². The zero-order chi connectivity index (χ0) is 21.1. The number of ether oxygens (including phenoxy) is 3. The van der Waals surface area contributed by atoms with Crippen LogP contribution in [0.15, 0.2) is 40.7 Å². The SMILES string of the molecule is COC(=O)C1=C(C)NC(C)=C(C(=O)OC[C@@H]2CCCO2)[C@H]1c1cccc(Cl)c1Cl. The summed E-state index contributed by atoms with van der Waals surface area (Å²) in [4.78, 5) is 25.7. The van der Waals surface area contributed by atoms with Crippen molar-refractivity contribution in [2.45, 2.75) is 38.7 Å². The predicted molar refractivity (Wildman–Crippen MR) is 110 cm³/mol. The third-order valence-corrected chi connectivity index (χ3v) is 5.94. The van der Waals surface area contributed by atoms with E-state index < -0.39 is 17.9 Å². The largest absolute Gasteiger partial charge is 0.466 e. The van der Waals surface area contributed by atoms with Crippen LogP contribution < -0.4 is 5.32 Å². The van der Waals surface area contributed by atoms with Crippen molar-refractivity contribution in [1.29, 1.82) is 0 Å². The molecule has 156 valence electrons. The molecule has 1 saturated heterocycles. The van der Waals surface area contributed by atoms with Crippen LogP contribution in [0.5, 0.6) is 0 Å². The number of benzene rings is 1. The van der Waals surface area contributed by atoms with E-state index in [1.54, 1.807) is 32.0 Å². The summed E-state index contributed by atoms with van der Waals surface area (Å²) in [5, 5.41) is 3.69. The van der Waals surface area contributed by atoms with Crippen LogP contribution in [0.2, 0.25) is 10.0 Å². The highest BCUT2D eigenvalue weighted by Crippen LogP contribution is 2.43. The first-order chi connectivity index (χ1) is 13.8. The lowest BCUT2D eigenvalue weighted by atomic mass is 9.80. The Hall–Kier alpha value is -2.02. The molecule has 1 aromatic rings. The number of allylic oxidation sites excluding steroid dienone is 2. The predicted octanol–water partition coefficient (Wildman–Crippen LogP) is 4.12. The molecule has 0 bridgehead atoms. The summed E-state index contributed by atoms with van der Waals surface area (Å²) < 4.78 is 16.0. The number of rotatable bonds is 5. The van der Waals surface area contributed by atoms with E-state index in [0.29, 0.717) is 28.6 Å². The number of methoxy groups -OCH3 is 1. The summed E-state index contributed by atoms with van der Waals surface area (Å²) in [5.41, 5.74) is 2.26. The van der Waals surface area contributed by atoms with E-state index in [4.69, 9.17) is 37.4 Å². The van der Waals surface area contributed by atoms with Crippen LogP contribution in [0.25, 0.3) is 0 Å². The fraction of sp³-hybridized carbons (Fsp3) is 0.429. The number of hydrogen-bond acceptors (Lipinski definition) is 6. The van der Waals surface area contributed by atoms with Gasteiger partial charge in [-0.1, -0.05) is 35.3 Å². The number of carbonyl (C=O) groups is 2. The number of nitrogens with one attached hydrogen (secondary N) is 1. The zero-order valence-corrected chi connectivity index (χ0v) is 18.0. The topological polar surface area (TPSA) is 73.9 Å². The summed E-state index contributed by atoms with van der Waals surface area (Å²) >= 11 is 12.7. The normalized spacial score (nSPS) is 21.8. The minimum Gasteiger partial charge on any atom is -0.466 e. The van der Waals surface area contributed by atoms with Gasteiger partial charge in [-0.05, 0) is 38.3 Å². The molecular weight excluding hydrogens is 417 g/mol. The molecule has 0 aromatic heterocycles. The number of hydrogen-bond donors (Lipinski definition) is 1. The van der Waals surface area contributed by atoms with E-state index in [-0.39, 0.29) is 28.9 Å². The van der Waals surface area contributed by atoms with Crippen molar-refractivity contribution in [3.05, 3.63) is 56.3 Å². The molecule has 0 amide bonds. The maximum absolute atomic E-state index is 13.1. The Bertz CT molecular complexity index is 887. The van der Waals surface area contributed by atoms with Crippen molar-refractivity contribution in [3.8, 4) is 0 Å². The lowest BCUT2D eigenvalue weighted by molar-refractivity contribution is -0.142. The molecule has 1 fully saturated rings. The standard InChI is InChI=1S/C21H23Cl2NO5/c1-11-16(20(25)27-3)18(14-7-4-8-15(22)19(14)23)17(12(2)24-11)21(26)29-10-13-6-5-9-28-13/h4,7-8,13,18,24H,5-6,9-10H2,1-3H3/t13-,18-/m0/s1. The highest BCUT2D eigenvalue weighted by molar-refractivity contribution is 6.42. The van der Waals surface area contributed by atoms with E-state index >= 15 is 0 Å². The van der Waals surface area contributed by atoms with Crippen LogP contribution >= 0.6 is 23.2 Å². The molecule has 2 aliphatic rings. The molecule has 0 saturated carbocycles. The van der Waals surface area contributed by atoms with Gasteiger partial charge in [-0.25, -0.2) is 9.59 Å². The molecule has 3 rings (SSSR count). The monoisotopic (exact) mass is 439 g/mol. The molecule has 6 nitrogen and oxygen atoms in total. The number of esters is 2. The van der Waals surface area contributed by atoms with E-state index in [1.807, 2.05) is 0 Å². The molecule has 1 aromatic carbocycles. The molecule has 0 unspecified atom stereocenters. The summed E-state index contributed by atoms with van der Waals surface area (Å²) in [6.07, 6.45) is 1.68. The second-order valence-electron chi connectivity index (χ2n) is 7.00. The van der Waals surface area contributed by atoms with Crippen molar-refractivity contribution in [2.75, 3.05) is 20.3 Å². The van der Waals surface area contributed by atoms with E-state index in [9.17, 15) is 9.59 Å². The van der Waals surface area contributed by atoms with Crippen molar-refractivity contribution in [3.63, 3.8) is 0 Å². The van der Waals surface area contributed by atoms with Gasteiger partial charge in [0.05, 0.1) is 40.3 Å². The van der Waals surface area contributed by atoms with Gasteiger partial charge in [0.1, 0.15) is 6.61 Å². The minimum atomic E-state index is -0.771. The Kier molecular flexibility index (Phi) is 6.88. The van der Waals surface area contributed by atoms with Crippen LogP contribution in [-0.4, -0.2) is 38.4 Å². The van der Waals surface area contributed by atoms with Crippen molar-refractivity contribution >= 4 is 35.1 Å². The summed E-state index contributed by atoms with van der Waals surface area (Å²) in [6.45, 7) is 4.32. The summed E-state index contributed by atoms with van der Waals surface area (Å²) in [6, 6.07) is 5.11. The third-order valence-electron chi connectivity index (χ3n) is 5.10. The highest BCUT2D eigenvalue weighted by atomic mass is 35.5. The number of halogens is 2. The first-order valence-electron chi connectivity index (χ1n) is 9.34. The molecule has 2 heterocycles. The smallest absolute Gasteiger partial charge is 0.336 e. The van der Waals surface area contributed by atoms with Crippen LogP contribution in [0.1, 0.15) is 38.2 Å². The van der Waals surface area contributed by atoms with E-state index in [0.717, 1.165) is 12.8 Å².